The number of fused-ring (bicyclic) bond motifs is 2. The summed E-state index contributed by atoms with van der Waals surface area (Å²) in [5.74, 6) is 0. The molecule has 0 amide bonds. The van der Waals surface area contributed by atoms with E-state index >= 15 is 9.13 Å². The monoisotopic (exact) mass is 690 g/mol. The average molecular weight is 691 g/mol. The number of rotatable bonds is 7. The van der Waals surface area contributed by atoms with Gasteiger partial charge in [-0.25, -0.2) is 0 Å². The maximum absolute atomic E-state index is 16.5. The molecule has 0 N–H and O–H groups in total. The Kier molecular flexibility index (Phi) is 9.49. The molecule has 4 aromatic rings. The summed E-state index contributed by atoms with van der Waals surface area (Å²) in [5.41, 5.74) is 3.70. The van der Waals surface area contributed by atoms with Gasteiger partial charge in [0.1, 0.15) is 14.3 Å². The lowest BCUT2D eigenvalue weighted by molar-refractivity contribution is 0.453. The maximum atomic E-state index is 16.5. The molecule has 2 heterocycles. The van der Waals surface area contributed by atoms with Crippen molar-refractivity contribution in [1.82, 2.24) is 0 Å². The maximum Gasteiger partial charge on any atom is 0.131 e. The first-order chi connectivity index (χ1) is 22.6. The van der Waals surface area contributed by atoms with Gasteiger partial charge in [0.25, 0.3) is 0 Å². The van der Waals surface area contributed by atoms with Crippen LogP contribution in [-0.2, 0) is 9.13 Å². The van der Waals surface area contributed by atoms with E-state index in [0.29, 0.717) is 22.6 Å². The minimum atomic E-state index is -2.75. The smallest absolute Gasteiger partial charge is 0.131 e. The van der Waals surface area contributed by atoms with Crippen molar-refractivity contribution in [3.63, 3.8) is 0 Å². The molecule has 0 spiro atoms. The Bertz CT molecular complexity index is 1590. The molecule has 2 aromatic carbocycles. The molecular weight excluding hydrogens is 639 g/mol. The summed E-state index contributed by atoms with van der Waals surface area (Å²) >= 11 is 3.73. The molecule has 6 heteroatoms. The predicted octanol–water partition coefficient (Wildman–Crippen LogP) is 13.1. The fraction of sp³-hybridized carbons (Fsp3) is 0.600. The number of hydrogen-bond donors (Lipinski definition) is 0. The lowest BCUT2D eigenvalue weighted by Crippen LogP contribution is -2.31. The van der Waals surface area contributed by atoms with Gasteiger partial charge in [0.15, 0.2) is 0 Å². The first-order valence-electron chi connectivity index (χ1n) is 18.8. The van der Waals surface area contributed by atoms with Gasteiger partial charge < -0.3 is 9.13 Å². The zero-order valence-corrected chi connectivity index (χ0v) is 31.0. The first kappa shape index (κ1) is 32.0. The Hall–Kier alpha value is -1.18. The molecule has 246 valence electrons. The third-order valence-corrected chi connectivity index (χ3v) is 24.8. The molecule has 46 heavy (non-hydrogen) atoms. The lowest BCUT2D eigenvalue weighted by Gasteiger charge is -2.39. The van der Waals surface area contributed by atoms with E-state index in [0.717, 1.165) is 51.4 Å². The third-order valence-electron chi connectivity index (χ3n) is 12.5. The van der Waals surface area contributed by atoms with Crippen molar-refractivity contribution in [2.24, 2.45) is 0 Å². The second-order valence-corrected chi connectivity index (χ2v) is 24.5. The minimum Gasteiger partial charge on any atom is -0.317 e. The highest BCUT2D eigenvalue weighted by atomic mass is 32.1. The quantitative estimate of drug-likeness (QED) is 0.181. The van der Waals surface area contributed by atoms with Crippen LogP contribution in [0.2, 0.25) is 0 Å². The van der Waals surface area contributed by atoms with Crippen LogP contribution in [0.25, 0.3) is 31.3 Å². The molecule has 0 aliphatic heterocycles. The summed E-state index contributed by atoms with van der Waals surface area (Å²) in [4.78, 5) is 0. The topological polar surface area (TPSA) is 34.1 Å². The molecule has 0 radical (unpaired) electrons. The normalized spacial score (nSPS) is 22.2. The molecule has 0 saturated heterocycles. The van der Waals surface area contributed by atoms with Gasteiger partial charge in [-0.1, -0.05) is 113 Å². The van der Waals surface area contributed by atoms with Crippen molar-refractivity contribution in [2.45, 2.75) is 151 Å². The Balaban J connectivity index is 1.43. The van der Waals surface area contributed by atoms with E-state index in [1.807, 2.05) is 22.7 Å². The predicted molar refractivity (Wildman–Crippen MR) is 205 cm³/mol. The highest BCUT2D eigenvalue weighted by Crippen LogP contribution is 2.68. The van der Waals surface area contributed by atoms with E-state index < -0.39 is 14.3 Å². The van der Waals surface area contributed by atoms with Gasteiger partial charge in [-0.05, 0) is 63.5 Å². The average Bonchev–Trinajstić information content (AvgIpc) is 3.71. The molecular formula is C40H52O2P2S2. The van der Waals surface area contributed by atoms with Crippen LogP contribution in [0.1, 0.15) is 128 Å². The second-order valence-electron chi connectivity index (χ2n) is 15.1. The largest absolute Gasteiger partial charge is 0.317 e. The van der Waals surface area contributed by atoms with Crippen molar-refractivity contribution in [2.75, 3.05) is 0 Å². The van der Waals surface area contributed by atoms with Crippen molar-refractivity contribution in [1.29, 1.82) is 0 Å². The van der Waals surface area contributed by atoms with Crippen LogP contribution < -0.4 is 9.24 Å². The van der Waals surface area contributed by atoms with Gasteiger partial charge in [-0.3, -0.25) is 0 Å². The van der Waals surface area contributed by atoms with E-state index in [2.05, 4.69) is 48.5 Å². The summed E-state index contributed by atoms with van der Waals surface area (Å²) in [6.07, 6.45) is 23.8. The van der Waals surface area contributed by atoms with Gasteiger partial charge in [-0.2, -0.15) is 0 Å². The SMILES string of the molecule is O=P(c1sc2ccccc2c1-c1c(P(=O)(C2CCCCC2)C2CCCCC2)sc2ccccc12)(C1CCCCC1)C1CCCCC1. The van der Waals surface area contributed by atoms with Crippen molar-refractivity contribution < 1.29 is 9.13 Å². The highest BCUT2D eigenvalue weighted by molar-refractivity contribution is 7.80. The minimum absolute atomic E-state index is 0.299. The molecule has 4 fully saturated rings. The Morgan fingerprint density at radius 3 is 1.00 bits per heavy atom. The van der Waals surface area contributed by atoms with Gasteiger partial charge in [0, 0.05) is 53.9 Å². The fourth-order valence-corrected chi connectivity index (χ4v) is 23.8. The van der Waals surface area contributed by atoms with Crippen molar-refractivity contribution in [3.8, 4) is 11.1 Å². The zero-order valence-electron chi connectivity index (χ0n) is 27.6. The first-order valence-corrected chi connectivity index (χ1v) is 24.2. The number of benzene rings is 2. The molecule has 2 nitrogen and oxygen atoms in total. The molecule has 0 atom stereocenters. The molecule has 8 rings (SSSR count). The van der Waals surface area contributed by atoms with Crippen LogP contribution >= 0.6 is 37.0 Å². The van der Waals surface area contributed by atoms with E-state index in [9.17, 15) is 0 Å². The van der Waals surface area contributed by atoms with Crippen LogP contribution in [0.5, 0.6) is 0 Å². The van der Waals surface area contributed by atoms with E-state index in [1.54, 1.807) is 0 Å². The molecule has 2 aromatic heterocycles. The van der Waals surface area contributed by atoms with Crippen molar-refractivity contribution >= 4 is 66.4 Å². The fourth-order valence-electron chi connectivity index (χ4n) is 10.2. The van der Waals surface area contributed by atoms with Crippen LogP contribution in [0.15, 0.2) is 48.5 Å². The lowest BCUT2D eigenvalue weighted by atomic mass is 9.99. The summed E-state index contributed by atoms with van der Waals surface area (Å²) in [6.45, 7) is 0. The van der Waals surface area contributed by atoms with Crippen LogP contribution in [0, 0.1) is 0 Å². The molecule has 0 bridgehead atoms. The molecule has 4 aliphatic carbocycles. The Labute approximate surface area is 284 Å². The summed E-state index contributed by atoms with van der Waals surface area (Å²) in [5, 5.41) is 2.52. The van der Waals surface area contributed by atoms with Crippen LogP contribution in [0.4, 0.5) is 0 Å². The van der Waals surface area contributed by atoms with Gasteiger partial charge in [-0.15, -0.1) is 22.7 Å². The molecule has 4 saturated carbocycles. The van der Waals surface area contributed by atoms with Crippen molar-refractivity contribution in [3.05, 3.63) is 48.5 Å². The van der Waals surface area contributed by atoms with E-state index in [1.165, 1.54) is 118 Å². The van der Waals surface area contributed by atoms with Gasteiger partial charge >= 0.3 is 0 Å². The van der Waals surface area contributed by atoms with E-state index in [-0.39, 0.29) is 0 Å². The van der Waals surface area contributed by atoms with Gasteiger partial charge in [0.2, 0.25) is 0 Å². The third kappa shape index (κ3) is 5.49. The highest BCUT2D eigenvalue weighted by Gasteiger charge is 2.49. The van der Waals surface area contributed by atoms with Gasteiger partial charge in [0.05, 0.1) is 9.24 Å². The Morgan fingerprint density at radius 2 is 0.696 bits per heavy atom. The van der Waals surface area contributed by atoms with Crippen LogP contribution in [0.3, 0.4) is 0 Å². The molecule has 0 unspecified atom stereocenters. The molecule has 4 aliphatic rings. The second kappa shape index (κ2) is 13.6. The number of thiophene rings is 2. The number of hydrogen-bond acceptors (Lipinski definition) is 4. The standard InChI is InChI=1S/C40H52O2P2S2/c41-43(29-17-5-1-6-18-29,30-19-7-2-8-20-30)39-37(33-25-13-15-27-35(33)45-39)38-34-26-14-16-28-36(34)46-40(38)44(42,31-21-9-3-10-22-31)32-23-11-4-12-24-32/h13-16,25-32H,1-12,17-24H2. The van der Waals surface area contributed by atoms with E-state index in [4.69, 9.17) is 0 Å². The Morgan fingerprint density at radius 1 is 0.413 bits per heavy atom. The summed E-state index contributed by atoms with van der Waals surface area (Å²) in [6, 6.07) is 17.9. The summed E-state index contributed by atoms with van der Waals surface area (Å²) in [7, 11) is -5.51. The summed E-state index contributed by atoms with van der Waals surface area (Å²) < 4.78 is 37.9. The zero-order chi connectivity index (χ0) is 31.1. The van der Waals surface area contributed by atoms with Crippen LogP contribution in [-0.4, -0.2) is 22.6 Å².